The lowest BCUT2D eigenvalue weighted by atomic mass is 9.82. The van der Waals surface area contributed by atoms with Gasteiger partial charge < -0.3 is 10.2 Å². The summed E-state index contributed by atoms with van der Waals surface area (Å²) in [6.07, 6.45) is 2.20. The Bertz CT molecular complexity index is 605. The standard InChI is InChI=1S/C18H20O2/c1-13(14-4-8-16(19)9-5-14)12-18(2,3)15-6-10-17(20)11-7-15/h4-12,19-20H,1-3H3. The average Bonchev–Trinajstić information content (AvgIpc) is 2.39. The van der Waals surface area contributed by atoms with Crippen LogP contribution in [-0.2, 0) is 5.41 Å². The van der Waals surface area contributed by atoms with Crippen molar-refractivity contribution in [1.82, 2.24) is 0 Å². The van der Waals surface area contributed by atoms with Gasteiger partial charge in [0.05, 0.1) is 0 Å². The molecule has 2 nitrogen and oxygen atoms in total. The molecule has 2 aromatic carbocycles. The van der Waals surface area contributed by atoms with Crippen LogP contribution < -0.4 is 0 Å². The molecule has 2 heteroatoms. The molecule has 0 saturated heterocycles. The Labute approximate surface area is 120 Å². The monoisotopic (exact) mass is 268 g/mol. The number of allylic oxidation sites excluding steroid dienone is 2. The van der Waals surface area contributed by atoms with Crippen LogP contribution in [0.1, 0.15) is 31.9 Å². The molecule has 0 unspecified atom stereocenters. The number of rotatable bonds is 3. The van der Waals surface area contributed by atoms with Crippen LogP contribution in [0.2, 0.25) is 0 Å². The average molecular weight is 268 g/mol. The first kappa shape index (κ1) is 14.2. The maximum Gasteiger partial charge on any atom is 0.115 e. The van der Waals surface area contributed by atoms with Gasteiger partial charge in [0.15, 0.2) is 0 Å². The summed E-state index contributed by atoms with van der Waals surface area (Å²) in [6, 6.07) is 14.5. The summed E-state index contributed by atoms with van der Waals surface area (Å²) in [5.41, 5.74) is 3.27. The molecule has 0 heterocycles. The molecule has 2 rings (SSSR count). The first-order valence-electron chi connectivity index (χ1n) is 6.67. The minimum Gasteiger partial charge on any atom is -0.508 e. The third-order valence-corrected chi connectivity index (χ3v) is 3.51. The Morgan fingerprint density at radius 1 is 0.850 bits per heavy atom. The van der Waals surface area contributed by atoms with Gasteiger partial charge in [-0.1, -0.05) is 44.2 Å². The lowest BCUT2D eigenvalue weighted by Crippen LogP contribution is -2.13. The van der Waals surface area contributed by atoms with E-state index in [0.717, 1.165) is 16.7 Å². The van der Waals surface area contributed by atoms with Crippen LogP contribution in [-0.4, -0.2) is 10.2 Å². The van der Waals surface area contributed by atoms with E-state index in [2.05, 4.69) is 26.8 Å². The highest BCUT2D eigenvalue weighted by Crippen LogP contribution is 2.30. The highest BCUT2D eigenvalue weighted by Gasteiger charge is 2.18. The molecule has 20 heavy (non-hydrogen) atoms. The highest BCUT2D eigenvalue weighted by molar-refractivity contribution is 5.66. The number of hydrogen-bond acceptors (Lipinski definition) is 2. The maximum absolute atomic E-state index is 9.37. The predicted octanol–water partition coefficient (Wildman–Crippen LogP) is 4.48. The molecule has 0 aromatic heterocycles. The van der Waals surface area contributed by atoms with Crippen molar-refractivity contribution in [1.29, 1.82) is 0 Å². The second-order valence-electron chi connectivity index (χ2n) is 5.64. The largest absolute Gasteiger partial charge is 0.508 e. The third-order valence-electron chi connectivity index (χ3n) is 3.51. The first-order valence-corrected chi connectivity index (χ1v) is 6.67. The summed E-state index contributed by atoms with van der Waals surface area (Å²) in [6.45, 7) is 6.35. The summed E-state index contributed by atoms with van der Waals surface area (Å²) in [7, 11) is 0. The van der Waals surface area contributed by atoms with E-state index in [1.807, 2.05) is 24.3 Å². The Balaban J connectivity index is 2.31. The van der Waals surface area contributed by atoms with Gasteiger partial charge >= 0.3 is 0 Å². The minimum atomic E-state index is -0.129. The molecule has 0 amide bonds. The SMILES string of the molecule is CC(=CC(C)(C)c1ccc(O)cc1)c1ccc(O)cc1. The lowest BCUT2D eigenvalue weighted by Gasteiger charge is -2.22. The second kappa shape index (κ2) is 5.41. The maximum atomic E-state index is 9.37. The number of phenolic OH excluding ortho intramolecular Hbond substituents is 2. The Hall–Kier alpha value is -2.22. The van der Waals surface area contributed by atoms with Gasteiger partial charge in [0.25, 0.3) is 0 Å². The summed E-state index contributed by atoms with van der Waals surface area (Å²) < 4.78 is 0. The molecule has 0 aliphatic rings. The van der Waals surface area contributed by atoms with Crippen LogP contribution in [0.15, 0.2) is 54.6 Å². The summed E-state index contributed by atoms with van der Waals surface area (Å²) >= 11 is 0. The molecule has 0 atom stereocenters. The van der Waals surface area contributed by atoms with Crippen molar-refractivity contribution in [3.05, 3.63) is 65.7 Å². The number of benzene rings is 2. The van der Waals surface area contributed by atoms with Gasteiger partial charge in [0, 0.05) is 5.41 Å². The Morgan fingerprint density at radius 2 is 1.30 bits per heavy atom. The highest BCUT2D eigenvalue weighted by atomic mass is 16.3. The smallest absolute Gasteiger partial charge is 0.115 e. The number of aromatic hydroxyl groups is 2. The molecule has 0 fully saturated rings. The summed E-state index contributed by atoms with van der Waals surface area (Å²) in [5, 5.41) is 18.7. The topological polar surface area (TPSA) is 40.5 Å². The van der Waals surface area contributed by atoms with E-state index in [1.165, 1.54) is 0 Å². The van der Waals surface area contributed by atoms with Crippen molar-refractivity contribution in [3.63, 3.8) is 0 Å². The quantitative estimate of drug-likeness (QED) is 0.861. The first-order chi connectivity index (χ1) is 9.38. The molecule has 0 aliphatic heterocycles. The van der Waals surface area contributed by atoms with Crippen LogP contribution >= 0.6 is 0 Å². The number of hydrogen-bond donors (Lipinski definition) is 2. The van der Waals surface area contributed by atoms with Crippen LogP contribution in [0.4, 0.5) is 0 Å². The Morgan fingerprint density at radius 3 is 1.80 bits per heavy atom. The molecule has 2 aromatic rings. The molecular formula is C18H20O2. The van der Waals surface area contributed by atoms with E-state index in [-0.39, 0.29) is 16.9 Å². The van der Waals surface area contributed by atoms with E-state index >= 15 is 0 Å². The molecule has 0 spiro atoms. The number of phenols is 2. The normalized spacial score (nSPS) is 12.4. The zero-order valence-electron chi connectivity index (χ0n) is 12.1. The van der Waals surface area contributed by atoms with Gasteiger partial charge in [-0.3, -0.25) is 0 Å². The molecule has 104 valence electrons. The van der Waals surface area contributed by atoms with Crippen molar-refractivity contribution in [2.24, 2.45) is 0 Å². The lowest BCUT2D eigenvalue weighted by molar-refractivity contribution is 0.474. The molecule has 0 bridgehead atoms. The fraction of sp³-hybridized carbons (Fsp3) is 0.222. The van der Waals surface area contributed by atoms with Crippen LogP contribution in [0.25, 0.3) is 5.57 Å². The second-order valence-corrected chi connectivity index (χ2v) is 5.64. The summed E-state index contributed by atoms with van der Waals surface area (Å²) in [5.74, 6) is 0.558. The van der Waals surface area contributed by atoms with E-state index in [9.17, 15) is 10.2 Å². The zero-order chi connectivity index (χ0) is 14.8. The molecule has 2 N–H and O–H groups in total. The van der Waals surface area contributed by atoms with Crippen LogP contribution in [0.3, 0.4) is 0 Å². The molecular weight excluding hydrogens is 248 g/mol. The molecule has 0 aliphatic carbocycles. The van der Waals surface area contributed by atoms with Crippen molar-refractivity contribution in [2.45, 2.75) is 26.2 Å². The van der Waals surface area contributed by atoms with E-state index in [1.54, 1.807) is 24.3 Å². The van der Waals surface area contributed by atoms with Crippen LogP contribution in [0.5, 0.6) is 11.5 Å². The predicted molar refractivity (Wildman–Crippen MR) is 82.9 cm³/mol. The van der Waals surface area contributed by atoms with Crippen LogP contribution in [0, 0.1) is 0 Å². The van der Waals surface area contributed by atoms with E-state index < -0.39 is 0 Å². The van der Waals surface area contributed by atoms with Gasteiger partial charge in [-0.05, 0) is 47.9 Å². The van der Waals surface area contributed by atoms with Gasteiger partial charge in [-0.15, -0.1) is 0 Å². The Kier molecular flexibility index (Phi) is 3.84. The third kappa shape index (κ3) is 3.21. The van der Waals surface area contributed by atoms with Gasteiger partial charge in [0.1, 0.15) is 11.5 Å². The molecule has 0 saturated carbocycles. The van der Waals surface area contributed by atoms with Crippen molar-refractivity contribution < 1.29 is 10.2 Å². The van der Waals surface area contributed by atoms with E-state index in [0.29, 0.717) is 0 Å². The van der Waals surface area contributed by atoms with E-state index in [4.69, 9.17) is 0 Å². The van der Waals surface area contributed by atoms with Gasteiger partial charge in [-0.2, -0.15) is 0 Å². The molecule has 0 radical (unpaired) electrons. The fourth-order valence-corrected chi connectivity index (χ4v) is 2.32. The fourth-order valence-electron chi connectivity index (χ4n) is 2.32. The summed E-state index contributed by atoms with van der Waals surface area (Å²) in [4.78, 5) is 0. The van der Waals surface area contributed by atoms with Crippen molar-refractivity contribution in [2.75, 3.05) is 0 Å². The zero-order valence-corrected chi connectivity index (χ0v) is 12.1. The van der Waals surface area contributed by atoms with Crippen molar-refractivity contribution >= 4 is 5.57 Å². The van der Waals surface area contributed by atoms with Crippen molar-refractivity contribution in [3.8, 4) is 11.5 Å². The van der Waals surface area contributed by atoms with Gasteiger partial charge in [0.2, 0.25) is 0 Å². The minimum absolute atomic E-state index is 0.129. The van der Waals surface area contributed by atoms with Gasteiger partial charge in [-0.25, -0.2) is 0 Å².